The molecule has 11 nitrogen and oxygen atoms in total. The summed E-state index contributed by atoms with van der Waals surface area (Å²) < 4.78 is 24.3. The van der Waals surface area contributed by atoms with Crippen molar-refractivity contribution in [3.63, 3.8) is 0 Å². The number of rotatable bonds is 9. The SMILES string of the molecule is COc1cc(C=Nn2c(-c3cc4cc(Cl)ccc4o3)nc3ccccc3c2=O)cc(OC)c1OCc1cccc([N+](=O)[O-])c1. The topological polar surface area (TPSA) is 131 Å². The lowest BCUT2D eigenvalue weighted by molar-refractivity contribution is -0.384. The van der Waals surface area contributed by atoms with Crippen molar-refractivity contribution in [1.82, 2.24) is 9.66 Å². The molecule has 12 heteroatoms. The van der Waals surface area contributed by atoms with E-state index in [4.69, 9.17) is 35.2 Å². The molecule has 0 aliphatic heterocycles. The van der Waals surface area contributed by atoms with E-state index in [1.54, 1.807) is 72.8 Å². The molecule has 4 aromatic carbocycles. The maximum Gasteiger partial charge on any atom is 0.282 e. The average Bonchev–Trinajstić information content (AvgIpc) is 3.46. The molecule has 44 heavy (non-hydrogen) atoms. The highest BCUT2D eigenvalue weighted by molar-refractivity contribution is 6.31. The minimum atomic E-state index is -0.468. The van der Waals surface area contributed by atoms with Crippen molar-refractivity contribution >= 4 is 45.4 Å². The Kier molecular flexibility index (Phi) is 7.69. The van der Waals surface area contributed by atoms with E-state index in [1.165, 1.54) is 37.2 Å². The van der Waals surface area contributed by atoms with E-state index in [0.29, 0.717) is 55.6 Å². The van der Waals surface area contributed by atoms with Gasteiger partial charge in [-0.3, -0.25) is 14.9 Å². The molecule has 0 amide bonds. The third-order valence-corrected chi connectivity index (χ3v) is 7.00. The first kappa shape index (κ1) is 28.4. The van der Waals surface area contributed by atoms with Crippen LogP contribution in [0.1, 0.15) is 11.1 Å². The fourth-order valence-corrected chi connectivity index (χ4v) is 4.85. The van der Waals surface area contributed by atoms with Crippen LogP contribution in [0.3, 0.4) is 0 Å². The van der Waals surface area contributed by atoms with E-state index in [2.05, 4.69) is 5.10 Å². The summed E-state index contributed by atoms with van der Waals surface area (Å²) in [6, 6.07) is 23.4. The third-order valence-electron chi connectivity index (χ3n) is 6.76. The maximum atomic E-state index is 13.6. The zero-order valence-electron chi connectivity index (χ0n) is 23.4. The molecule has 6 aromatic rings. The molecule has 0 atom stereocenters. The van der Waals surface area contributed by atoms with Gasteiger partial charge in [0.1, 0.15) is 12.2 Å². The number of hydrogen-bond donors (Lipinski definition) is 0. The third kappa shape index (κ3) is 5.55. The minimum absolute atomic E-state index is 0.0338. The number of nitrogens with zero attached hydrogens (tertiary/aromatic N) is 4. The smallest absolute Gasteiger partial charge is 0.282 e. The van der Waals surface area contributed by atoms with E-state index in [0.717, 1.165) is 5.39 Å². The molecule has 6 rings (SSSR count). The number of ether oxygens (including phenoxy) is 3. The monoisotopic (exact) mass is 610 g/mol. The van der Waals surface area contributed by atoms with Crippen molar-refractivity contribution in [3.8, 4) is 28.8 Å². The largest absolute Gasteiger partial charge is 0.493 e. The zero-order chi connectivity index (χ0) is 30.8. The molecule has 0 spiro atoms. The van der Waals surface area contributed by atoms with Crippen molar-refractivity contribution in [2.45, 2.75) is 6.61 Å². The number of para-hydroxylation sites is 1. The summed E-state index contributed by atoms with van der Waals surface area (Å²) in [5.74, 6) is 1.49. The van der Waals surface area contributed by atoms with E-state index >= 15 is 0 Å². The van der Waals surface area contributed by atoms with Gasteiger partial charge in [-0.1, -0.05) is 35.9 Å². The first-order valence-corrected chi connectivity index (χ1v) is 13.6. The van der Waals surface area contributed by atoms with Crippen LogP contribution >= 0.6 is 11.6 Å². The lowest BCUT2D eigenvalue weighted by atomic mass is 10.2. The van der Waals surface area contributed by atoms with Gasteiger partial charge >= 0.3 is 0 Å². The zero-order valence-corrected chi connectivity index (χ0v) is 24.1. The van der Waals surface area contributed by atoms with Crippen LogP contribution < -0.4 is 19.8 Å². The van der Waals surface area contributed by atoms with Gasteiger partial charge in [0, 0.05) is 28.1 Å². The van der Waals surface area contributed by atoms with Gasteiger partial charge in [-0.2, -0.15) is 9.78 Å². The van der Waals surface area contributed by atoms with Gasteiger partial charge in [-0.15, -0.1) is 0 Å². The lowest BCUT2D eigenvalue weighted by Crippen LogP contribution is -2.20. The van der Waals surface area contributed by atoms with Gasteiger partial charge in [0.25, 0.3) is 11.2 Å². The predicted octanol–water partition coefficient (Wildman–Crippen LogP) is 6.85. The van der Waals surface area contributed by atoms with Crippen molar-refractivity contribution in [1.29, 1.82) is 0 Å². The number of benzene rings is 4. The molecule has 0 saturated heterocycles. The van der Waals surface area contributed by atoms with E-state index < -0.39 is 10.5 Å². The standard InChI is InChI=1S/C32H23ClN4O7/c1-41-27-13-20(14-28(42-2)30(27)43-18-19-6-5-7-23(12-19)37(39)40)17-34-36-31(35-25-9-4-3-8-24(25)32(36)38)29-16-21-15-22(33)10-11-26(21)44-29/h3-17H,18H2,1-2H3. The Hall–Kier alpha value is -5.68. The lowest BCUT2D eigenvalue weighted by Gasteiger charge is -2.15. The molecule has 220 valence electrons. The summed E-state index contributed by atoms with van der Waals surface area (Å²) in [6.45, 7) is 0.0338. The Labute approximate surface area is 254 Å². The van der Waals surface area contributed by atoms with Gasteiger partial charge in [0.05, 0.1) is 36.3 Å². The number of fused-ring (bicyclic) bond motifs is 2. The summed E-state index contributed by atoms with van der Waals surface area (Å²) in [6.07, 6.45) is 1.47. The Morgan fingerprint density at radius 2 is 1.77 bits per heavy atom. The molecule has 2 heterocycles. The number of furan rings is 1. The molecule has 0 unspecified atom stereocenters. The molecule has 2 aromatic heterocycles. The highest BCUT2D eigenvalue weighted by atomic mass is 35.5. The van der Waals surface area contributed by atoms with Crippen LogP contribution in [-0.2, 0) is 6.61 Å². The first-order chi connectivity index (χ1) is 21.3. The van der Waals surface area contributed by atoms with Crippen molar-refractivity contribution in [2.75, 3.05) is 14.2 Å². The normalized spacial score (nSPS) is 11.3. The molecule has 0 radical (unpaired) electrons. The van der Waals surface area contributed by atoms with Crippen LogP contribution in [0.25, 0.3) is 33.5 Å². The molecule has 0 aliphatic carbocycles. The number of nitro benzene ring substituents is 1. The summed E-state index contributed by atoms with van der Waals surface area (Å²) in [5, 5.41) is 17.3. The van der Waals surface area contributed by atoms with Crippen molar-refractivity contribution in [3.05, 3.63) is 122 Å². The summed E-state index contributed by atoms with van der Waals surface area (Å²) in [4.78, 5) is 29.0. The molecule has 0 fully saturated rings. The van der Waals surface area contributed by atoms with Crippen molar-refractivity contribution in [2.24, 2.45) is 5.10 Å². The number of nitro groups is 1. The number of halogens is 1. The number of aromatic nitrogens is 2. The molecular formula is C32H23ClN4O7. The van der Waals surface area contributed by atoms with Gasteiger partial charge in [-0.25, -0.2) is 4.98 Å². The Morgan fingerprint density at radius 3 is 2.52 bits per heavy atom. The van der Waals surface area contributed by atoms with Gasteiger partial charge in [-0.05, 0) is 54.1 Å². The van der Waals surface area contributed by atoms with Crippen LogP contribution in [0.15, 0.2) is 99.2 Å². The summed E-state index contributed by atoms with van der Waals surface area (Å²) in [5.41, 5.74) is 1.77. The molecule has 0 aliphatic rings. The highest BCUT2D eigenvalue weighted by Gasteiger charge is 2.18. The first-order valence-electron chi connectivity index (χ1n) is 13.2. The molecule has 0 bridgehead atoms. The molecule has 0 saturated carbocycles. The van der Waals surface area contributed by atoms with Crippen molar-refractivity contribution < 1.29 is 23.6 Å². The average molecular weight is 611 g/mol. The van der Waals surface area contributed by atoms with Crippen LogP contribution in [0.4, 0.5) is 5.69 Å². The number of non-ortho nitro benzene ring substituents is 1. The summed E-state index contributed by atoms with van der Waals surface area (Å²) in [7, 11) is 2.94. The quantitative estimate of drug-likeness (QED) is 0.0986. The van der Waals surface area contributed by atoms with Crippen LogP contribution in [0.5, 0.6) is 17.2 Å². The number of methoxy groups -OCH3 is 2. The second kappa shape index (κ2) is 11.9. The fraction of sp³-hybridized carbons (Fsp3) is 0.0938. The Morgan fingerprint density at radius 1 is 1.00 bits per heavy atom. The van der Waals surface area contributed by atoms with Gasteiger partial charge in [0.2, 0.25) is 11.6 Å². The van der Waals surface area contributed by atoms with Gasteiger partial charge < -0.3 is 18.6 Å². The van der Waals surface area contributed by atoms with Crippen LogP contribution in [0, 0.1) is 10.1 Å². The predicted molar refractivity (Wildman–Crippen MR) is 166 cm³/mol. The number of hydrogen-bond acceptors (Lipinski definition) is 9. The molecular weight excluding hydrogens is 588 g/mol. The maximum absolute atomic E-state index is 13.6. The van der Waals surface area contributed by atoms with E-state index in [1.807, 2.05) is 0 Å². The highest BCUT2D eigenvalue weighted by Crippen LogP contribution is 2.39. The minimum Gasteiger partial charge on any atom is -0.493 e. The fourth-order valence-electron chi connectivity index (χ4n) is 4.67. The second-order valence-electron chi connectivity index (χ2n) is 9.58. The Bertz CT molecular complexity index is 2110. The van der Waals surface area contributed by atoms with Crippen LogP contribution in [-0.4, -0.2) is 35.0 Å². The second-order valence-corrected chi connectivity index (χ2v) is 10.0. The van der Waals surface area contributed by atoms with Crippen LogP contribution in [0.2, 0.25) is 5.02 Å². The van der Waals surface area contributed by atoms with E-state index in [9.17, 15) is 14.9 Å². The Balaban J connectivity index is 1.39. The van der Waals surface area contributed by atoms with E-state index in [-0.39, 0.29) is 18.1 Å². The molecule has 0 N–H and O–H groups in total. The van der Waals surface area contributed by atoms with Gasteiger partial charge in [0.15, 0.2) is 17.3 Å². The summed E-state index contributed by atoms with van der Waals surface area (Å²) >= 11 is 6.17.